The van der Waals surface area contributed by atoms with Gasteiger partial charge in [0.25, 0.3) is 5.91 Å². The lowest BCUT2D eigenvalue weighted by Gasteiger charge is -2.12. The van der Waals surface area contributed by atoms with Crippen molar-refractivity contribution in [3.05, 3.63) is 58.1 Å². The first kappa shape index (κ1) is 15.5. The topological polar surface area (TPSA) is 58.6 Å². The molecule has 4 nitrogen and oxygen atoms in total. The molecule has 0 saturated carbocycles. The van der Waals surface area contributed by atoms with Crippen LogP contribution in [0, 0.1) is 6.92 Å². The Balaban J connectivity index is 1.97. The van der Waals surface area contributed by atoms with E-state index in [0.717, 1.165) is 11.3 Å². The molecule has 0 atom stereocenters. The minimum absolute atomic E-state index is 0.122. The van der Waals surface area contributed by atoms with Gasteiger partial charge in [-0.25, -0.2) is 0 Å². The summed E-state index contributed by atoms with van der Waals surface area (Å²) in [4.78, 5) is 11.9. The molecule has 110 valence electrons. The molecule has 1 amide bonds. The SMILES string of the molecule is Cc1ccc(NC(=O)COc2c(Br)cccc2CO)cc1. The quantitative estimate of drug-likeness (QED) is 0.870. The van der Waals surface area contributed by atoms with E-state index in [2.05, 4.69) is 21.2 Å². The number of rotatable bonds is 5. The summed E-state index contributed by atoms with van der Waals surface area (Å²) in [5, 5.41) is 12.0. The van der Waals surface area contributed by atoms with Crippen LogP contribution in [0.1, 0.15) is 11.1 Å². The Kier molecular flexibility index (Phi) is 5.36. The molecular weight excluding hydrogens is 334 g/mol. The van der Waals surface area contributed by atoms with Crippen LogP contribution in [0.3, 0.4) is 0 Å². The fourth-order valence-corrected chi connectivity index (χ4v) is 2.33. The first-order valence-corrected chi connectivity index (χ1v) is 7.27. The number of benzene rings is 2. The number of anilines is 1. The van der Waals surface area contributed by atoms with Crippen LogP contribution in [0.25, 0.3) is 0 Å². The normalized spacial score (nSPS) is 10.2. The van der Waals surface area contributed by atoms with Crippen LogP contribution in [0.4, 0.5) is 5.69 Å². The number of hydrogen-bond acceptors (Lipinski definition) is 3. The van der Waals surface area contributed by atoms with Crippen LogP contribution in [0.5, 0.6) is 5.75 Å². The third kappa shape index (κ3) is 4.31. The van der Waals surface area contributed by atoms with Crippen LogP contribution < -0.4 is 10.1 Å². The first-order valence-electron chi connectivity index (χ1n) is 6.47. The molecule has 0 fully saturated rings. The first-order chi connectivity index (χ1) is 10.1. The van der Waals surface area contributed by atoms with Gasteiger partial charge in [-0.05, 0) is 41.1 Å². The van der Waals surface area contributed by atoms with Crippen molar-refractivity contribution in [3.8, 4) is 5.75 Å². The molecule has 21 heavy (non-hydrogen) atoms. The Morgan fingerprint density at radius 1 is 1.24 bits per heavy atom. The van der Waals surface area contributed by atoms with Crippen LogP contribution in [0.2, 0.25) is 0 Å². The van der Waals surface area contributed by atoms with Gasteiger partial charge in [-0.3, -0.25) is 4.79 Å². The van der Waals surface area contributed by atoms with E-state index in [1.807, 2.05) is 31.2 Å². The Morgan fingerprint density at radius 2 is 1.95 bits per heavy atom. The average molecular weight is 350 g/mol. The summed E-state index contributed by atoms with van der Waals surface area (Å²) in [6.45, 7) is 1.72. The molecule has 0 unspecified atom stereocenters. The zero-order valence-corrected chi connectivity index (χ0v) is 13.2. The number of nitrogens with one attached hydrogen (secondary N) is 1. The maximum absolute atomic E-state index is 11.9. The van der Waals surface area contributed by atoms with Gasteiger partial charge in [0.05, 0.1) is 11.1 Å². The fourth-order valence-electron chi connectivity index (χ4n) is 1.81. The van der Waals surface area contributed by atoms with E-state index in [1.165, 1.54) is 0 Å². The van der Waals surface area contributed by atoms with Crippen molar-refractivity contribution in [1.29, 1.82) is 0 Å². The maximum Gasteiger partial charge on any atom is 0.262 e. The van der Waals surface area contributed by atoms with Crippen molar-refractivity contribution < 1.29 is 14.6 Å². The molecule has 0 aliphatic heterocycles. The smallest absolute Gasteiger partial charge is 0.262 e. The summed E-state index contributed by atoms with van der Waals surface area (Å²) in [6, 6.07) is 12.9. The molecule has 0 saturated heterocycles. The number of aliphatic hydroxyl groups excluding tert-OH is 1. The van der Waals surface area contributed by atoms with Crippen molar-refractivity contribution in [2.24, 2.45) is 0 Å². The van der Waals surface area contributed by atoms with Crippen LogP contribution in [-0.4, -0.2) is 17.6 Å². The second-order valence-electron chi connectivity index (χ2n) is 4.59. The van der Waals surface area contributed by atoms with E-state index in [9.17, 15) is 9.90 Å². The van der Waals surface area contributed by atoms with Gasteiger partial charge in [-0.2, -0.15) is 0 Å². The zero-order valence-electron chi connectivity index (χ0n) is 11.6. The highest BCUT2D eigenvalue weighted by Crippen LogP contribution is 2.29. The van der Waals surface area contributed by atoms with E-state index >= 15 is 0 Å². The summed E-state index contributed by atoms with van der Waals surface area (Å²) in [7, 11) is 0. The highest BCUT2D eigenvalue weighted by Gasteiger charge is 2.10. The number of ether oxygens (including phenoxy) is 1. The molecule has 2 aromatic carbocycles. The zero-order chi connectivity index (χ0) is 15.2. The predicted molar refractivity (Wildman–Crippen MR) is 85.4 cm³/mol. The van der Waals surface area contributed by atoms with E-state index in [4.69, 9.17) is 4.74 Å². The number of carbonyl (C=O) groups is 1. The van der Waals surface area contributed by atoms with Crippen molar-refractivity contribution in [2.75, 3.05) is 11.9 Å². The molecule has 5 heteroatoms. The number of aryl methyl sites for hydroxylation is 1. The minimum Gasteiger partial charge on any atom is -0.482 e. The minimum atomic E-state index is -0.251. The molecule has 0 radical (unpaired) electrons. The van der Waals surface area contributed by atoms with Crippen molar-refractivity contribution in [1.82, 2.24) is 0 Å². The van der Waals surface area contributed by atoms with Crippen LogP contribution in [0.15, 0.2) is 46.9 Å². The molecule has 0 heterocycles. The van der Waals surface area contributed by atoms with Gasteiger partial charge in [0.15, 0.2) is 6.61 Å². The standard InChI is InChI=1S/C16H16BrNO3/c1-11-5-7-13(8-6-11)18-15(20)10-21-16-12(9-19)3-2-4-14(16)17/h2-8,19H,9-10H2,1H3,(H,18,20). The molecule has 0 bridgehead atoms. The van der Waals surface area contributed by atoms with E-state index in [-0.39, 0.29) is 19.1 Å². The van der Waals surface area contributed by atoms with Gasteiger partial charge < -0.3 is 15.2 Å². The summed E-state index contributed by atoms with van der Waals surface area (Å²) in [5.74, 6) is 0.234. The molecule has 0 aliphatic rings. The predicted octanol–water partition coefficient (Wildman–Crippen LogP) is 3.27. The van der Waals surface area contributed by atoms with Gasteiger partial charge >= 0.3 is 0 Å². The van der Waals surface area contributed by atoms with Gasteiger partial charge in [0, 0.05) is 11.3 Å². The summed E-state index contributed by atoms with van der Waals surface area (Å²) in [6.07, 6.45) is 0. The molecule has 0 aliphatic carbocycles. The average Bonchev–Trinajstić information content (AvgIpc) is 2.48. The van der Waals surface area contributed by atoms with Gasteiger partial charge in [-0.1, -0.05) is 29.8 Å². The van der Waals surface area contributed by atoms with Crippen LogP contribution in [-0.2, 0) is 11.4 Å². The largest absolute Gasteiger partial charge is 0.482 e. The number of para-hydroxylation sites is 1. The summed E-state index contributed by atoms with van der Waals surface area (Å²) in [5.41, 5.74) is 2.49. The van der Waals surface area contributed by atoms with Crippen molar-refractivity contribution in [2.45, 2.75) is 13.5 Å². The number of carbonyl (C=O) groups excluding carboxylic acids is 1. The lowest BCUT2D eigenvalue weighted by molar-refractivity contribution is -0.118. The maximum atomic E-state index is 11.9. The van der Waals surface area contributed by atoms with Crippen molar-refractivity contribution in [3.63, 3.8) is 0 Å². The highest BCUT2D eigenvalue weighted by molar-refractivity contribution is 9.10. The Hall–Kier alpha value is -1.85. The summed E-state index contributed by atoms with van der Waals surface area (Å²) >= 11 is 3.35. The molecule has 2 aromatic rings. The van der Waals surface area contributed by atoms with Gasteiger partial charge in [0.1, 0.15) is 5.75 Å². The Morgan fingerprint density at radius 3 is 2.62 bits per heavy atom. The fraction of sp³-hybridized carbons (Fsp3) is 0.188. The van der Waals surface area contributed by atoms with E-state index < -0.39 is 0 Å². The number of aliphatic hydroxyl groups is 1. The van der Waals surface area contributed by atoms with Gasteiger partial charge in [0.2, 0.25) is 0 Å². The Bertz CT molecular complexity index is 626. The van der Waals surface area contributed by atoms with Crippen molar-refractivity contribution >= 4 is 27.5 Å². The number of halogens is 1. The van der Waals surface area contributed by atoms with E-state index in [0.29, 0.717) is 15.8 Å². The summed E-state index contributed by atoms with van der Waals surface area (Å²) < 4.78 is 6.20. The second kappa shape index (κ2) is 7.24. The molecule has 0 spiro atoms. The third-order valence-corrected chi connectivity index (χ3v) is 3.53. The lowest BCUT2D eigenvalue weighted by Crippen LogP contribution is -2.20. The highest BCUT2D eigenvalue weighted by atomic mass is 79.9. The molecule has 0 aromatic heterocycles. The third-order valence-electron chi connectivity index (χ3n) is 2.90. The number of amides is 1. The molecule has 2 N–H and O–H groups in total. The van der Waals surface area contributed by atoms with Gasteiger partial charge in [-0.15, -0.1) is 0 Å². The van der Waals surface area contributed by atoms with Crippen LogP contribution >= 0.6 is 15.9 Å². The monoisotopic (exact) mass is 349 g/mol. The second-order valence-corrected chi connectivity index (χ2v) is 5.44. The molecular formula is C16H16BrNO3. The Labute approximate surface area is 131 Å². The van der Waals surface area contributed by atoms with E-state index in [1.54, 1.807) is 18.2 Å². The molecule has 2 rings (SSSR count). The lowest BCUT2D eigenvalue weighted by atomic mass is 10.2. The number of hydrogen-bond donors (Lipinski definition) is 2.